The van der Waals surface area contributed by atoms with Crippen molar-refractivity contribution in [2.75, 3.05) is 24.5 Å². The largest absolute Gasteiger partial charge is 0.479 e. The first-order chi connectivity index (χ1) is 22.8. The summed E-state index contributed by atoms with van der Waals surface area (Å²) in [6, 6.07) is 26.3. The van der Waals surface area contributed by atoms with Crippen molar-refractivity contribution in [3.63, 3.8) is 0 Å². The van der Waals surface area contributed by atoms with Gasteiger partial charge in [0.05, 0.1) is 11.3 Å². The fraction of sp³-hybridized carbons (Fsp3) is 0.429. The smallest absolute Gasteiger partial charge is 0.337 e. The third-order valence-corrected chi connectivity index (χ3v) is 10.0. The lowest BCUT2D eigenvalue weighted by molar-refractivity contribution is -0.160. The molecule has 0 unspecified atom stereocenters. The average Bonchev–Trinajstić information content (AvgIpc) is 3.04. The Kier molecular flexibility index (Phi) is 9.52. The molecule has 3 aromatic carbocycles. The Labute approximate surface area is 286 Å². The first kappa shape index (κ1) is 33.9. The number of hydrogen-bond donors (Lipinski definition) is 1. The molecular weight excluding hydrogens is 594 g/mol. The van der Waals surface area contributed by atoms with Gasteiger partial charge in [-0.15, -0.1) is 0 Å². The number of carbonyl (C=O) groups is 1. The Bertz CT molecular complexity index is 1760. The van der Waals surface area contributed by atoms with Crippen LogP contribution in [0.25, 0.3) is 22.3 Å². The molecule has 252 valence electrons. The number of carboxylic acids is 1. The van der Waals surface area contributed by atoms with Crippen molar-refractivity contribution < 1.29 is 14.6 Å². The Hall–Kier alpha value is -4.00. The van der Waals surface area contributed by atoms with Crippen LogP contribution in [0.2, 0.25) is 0 Å². The summed E-state index contributed by atoms with van der Waals surface area (Å²) in [4.78, 5) is 22.8. The van der Waals surface area contributed by atoms with E-state index in [1.165, 1.54) is 27.8 Å². The minimum Gasteiger partial charge on any atom is -0.479 e. The van der Waals surface area contributed by atoms with E-state index >= 15 is 0 Å². The highest BCUT2D eigenvalue weighted by Crippen LogP contribution is 2.45. The van der Waals surface area contributed by atoms with E-state index in [2.05, 4.69) is 103 Å². The zero-order valence-corrected chi connectivity index (χ0v) is 29.8. The number of anilines is 1. The van der Waals surface area contributed by atoms with Gasteiger partial charge in [-0.05, 0) is 92.7 Å². The SMILES string of the molecule is Cc1nc(C)c([C@H](OC(C)(C)C)C(=O)O)c(N2CCC(C)(C)CC2)c1-c1ccc2c(c1)CCN(Cc1ccc(-c3ccccc3)cc1)C2. The average molecular weight is 646 g/mol. The molecule has 1 N–H and O–H groups in total. The Morgan fingerprint density at radius 2 is 1.52 bits per heavy atom. The lowest BCUT2D eigenvalue weighted by atomic mass is 9.81. The predicted molar refractivity (Wildman–Crippen MR) is 195 cm³/mol. The van der Waals surface area contributed by atoms with E-state index in [9.17, 15) is 9.90 Å². The first-order valence-corrected chi connectivity index (χ1v) is 17.4. The second kappa shape index (κ2) is 13.5. The van der Waals surface area contributed by atoms with E-state index in [0.29, 0.717) is 5.56 Å². The molecule has 0 spiro atoms. The highest BCUT2D eigenvalue weighted by molar-refractivity contribution is 5.88. The molecule has 6 rings (SSSR count). The number of piperidine rings is 1. The zero-order valence-electron chi connectivity index (χ0n) is 29.8. The summed E-state index contributed by atoms with van der Waals surface area (Å²) in [6.07, 6.45) is 1.93. The number of rotatable bonds is 8. The molecule has 2 aliphatic heterocycles. The topological polar surface area (TPSA) is 65.9 Å². The molecule has 0 saturated carbocycles. The zero-order chi connectivity index (χ0) is 34.2. The Balaban J connectivity index is 1.32. The van der Waals surface area contributed by atoms with Crippen molar-refractivity contribution >= 4 is 11.7 Å². The van der Waals surface area contributed by atoms with Crippen LogP contribution in [0.3, 0.4) is 0 Å². The van der Waals surface area contributed by atoms with Gasteiger partial charge in [-0.3, -0.25) is 9.88 Å². The molecule has 1 aromatic heterocycles. The van der Waals surface area contributed by atoms with E-state index in [1.54, 1.807) is 0 Å². The molecule has 3 heterocycles. The first-order valence-electron chi connectivity index (χ1n) is 17.4. The molecule has 2 aliphatic rings. The lowest BCUT2D eigenvalue weighted by Crippen LogP contribution is -2.39. The maximum Gasteiger partial charge on any atom is 0.337 e. The van der Waals surface area contributed by atoms with Gasteiger partial charge in [-0.2, -0.15) is 0 Å². The highest BCUT2D eigenvalue weighted by Gasteiger charge is 2.36. The molecule has 4 aromatic rings. The number of aromatic nitrogens is 1. The highest BCUT2D eigenvalue weighted by atomic mass is 16.5. The summed E-state index contributed by atoms with van der Waals surface area (Å²) < 4.78 is 6.28. The van der Waals surface area contributed by atoms with Crippen molar-refractivity contribution in [1.82, 2.24) is 9.88 Å². The van der Waals surface area contributed by atoms with Crippen LogP contribution in [-0.4, -0.2) is 46.2 Å². The molecule has 6 nitrogen and oxygen atoms in total. The van der Waals surface area contributed by atoms with Crippen molar-refractivity contribution in [2.45, 2.75) is 92.5 Å². The van der Waals surface area contributed by atoms with E-state index in [-0.39, 0.29) is 5.41 Å². The molecule has 48 heavy (non-hydrogen) atoms. The van der Waals surface area contributed by atoms with E-state index in [0.717, 1.165) is 80.2 Å². The quantitative estimate of drug-likeness (QED) is 0.206. The van der Waals surface area contributed by atoms with Gasteiger partial charge in [0.15, 0.2) is 6.10 Å². The van der Waals surface area contributed by atoms with Crippen LogP contribution in [0.15, 0.2) is 72.8 Å². The number of hydrogen-bond acceptors (Lipinski definition) is 5. The molecule has 0 bridgehead atoms. The standard InChI is InChI=1S/C42H51N3O3/c1-28-36(38(45-23-20-42(6,7)21-24-45)37(29(2)43-28)39(40(46)47)48-41(3,4)5)34-17-18-35-27-44(22-19-33(35)25-34)26-30-13-15-32(16-14-30)31-11-9-8-10-12-31/h8-18,25,39H,19-24,26-27H2,1-7H3,(H,46,47)/t39-/m0/s1. The maximum absolute atomic E-state index is 12.9. The fourth-order valence-electron chi connectivity index (χ4n) is 7.35. The second-order valence-electron chi connectivity index (χ2n) is 15.5. The molecule has 1 fully saturated rings. The van der Waals surface area contributed by atoms with Crippen LogP contribution in [-0.2, 0) is 29.0 Å². The third-order valence-electron chi connectivity index (χ3n) is 10.0. The van der Waals surface area contributed by atoms with Gasteiger partial charge in [0, 0.05) is 55.2 Å². The normalized spacial score (nSPS) is 17.2. The van der Waals surface area contributed by atoms with E-state index < -0.39 is 17.7 Å². The number of carboxylic acid groups (broad SMARTS) is 1. The van der Waals surface area contributed by atoms with Crippen molar-refractivity contribution in [3.05, 3.63) is 106 Å². The number of benzene rings is 3. The van der Waals surface area contributed by atoms with Gasteiger partial charge in [-0.1, -0.05) is 86.6 Å². The van der Waals surface area contributed by atoms with Crippen LogP contribution in [0.4, 0.5) is 5.69 Å². The number of aryl methyl sites for hydroxylation is 2. The van der Waals surface area contributed by atoms with Crippen molar-refractivity contribution in [2.24, 2.45) is 5.41 Å². The number of nitrogens with zero attached hydrogens (tertiary/aromatic N) is 3. The fourth-order valence-corrected chi connectivity index (χ4v) is 7.35. The van der Waals surface area contributed by atoms with Crippen molar-refractivity contribution in [3.8, 4) is 22.3 Å². The van der Waals surface area contributed by atoms with Crippen LogP contribution in [0, 0.1) is 19.3 Å². The summed E-state index contributed by atoms with van der Waals surface area (Å²) >= 11 is 0. The van der Waals surface area contributed by atoms with Crippen LogP contribution in [0.5, 0.6) is 0 Å². The second-order valence-corrected chi connectivity index (χ2v) is 15.5. The number of fused-ring (bicyclic) bond motifs is 1. The van der Waals surface area contributed by atoms with Gasteiger partial charge in [0.2, 0.25) is 0 Å². The van der Waals surface area contributed by atoms with Crippen LogP contribution >= 0.6 is 0 Å². The predicted octanol–water partition coefficient (Wildman–Crippen LogP) is 9.16. The van der Waals surface area contributed by atoms with E-state index in [1.807, 2.05) is 27.7 Å². The molecule has 6 heteroatoms. The Morgan fingerprint density at radius 1 is 0.875 bits per heavy atom. The van der Waals surface area contributed by atoms with Crippen LogP contribution < -0.4 is 4.90 Å². The summed E-state index contributed by atoms with van der Waals surface area (Å²) in [7, 11) is 0. The van der Waals surface area contributed by atoms with Gasteiger partial charge in [-0.25, -0.2) is 4.79 Å². The molecule has 0 radical (unpaired) electrons. The number of pyridine rings is 1. The van der Waals surface area contributed by atoms with Gasteiger partial charge in [0.25, 0.3) is 0 Å². The number of aliphatic carboxylic acids is 1. The van der Waals surface area contributed by atoms with Gasteiger partial charge < -0.3 is 14.7 Å². The maximum atomic E-state index is 12.9. The third kappa shape index (κ3) is 7.50. The van der Waals surface area contributed by atoms with Gasteiger partial charge >= 0.3 is 5.97 Å². The summed E-state index contributed by atoms with van der Waals surface area (Å²) in [6.45, 7) is 18.9. The summed E-state index contributed by atoms with van der Waals surface area (Å²) in [5.74, 6) is -0.983. The molecule has 0 aliphatic carbocycles. The summed E-state index contributed by atoms with van der Waals surface area (Å²) in [5, 5.41) is 10.5. The molecule has 0 amide bonds. The molecular formula is C42H51N3O3. The van der Waals surface area contributed by atoms with Crippen molar-refractivity contribution in [1.29, 1.82) is 0 Å². The minimum atomic E-state index is -1.12. The molecule has 1 saturated heterocycles. The van der Waals surface area contributed by atoms with Crippen LogP contribution in [0.1, 0.15) is 87.2 Å². The number of ether oxygens (including phenoxy) is 1. The van der Waals surface area contributed by atoms with Gasteiger partial charge in [0.1, 0.15) is 0 Å². The lowest BCUT2D eigenvalue weighted by Gasteiger charge is -2.41. The van der Waals surface area contributed by atoms with E-state index in [4.69, 9.17) is 9.72 Å². The molecule has 1 atom stereocenters. The monoisotopic (exact) mass is 645 g/mol. The Morgan fingerprint density at radius 3 is 2.17 bits per heavy atom. The summed E-state index contributed by atoms with van der Waals surface area (Å²) in [5.41, 5.74) is 11.6. The minimum absolute atomic E-state index is 0.254.